The molecule has 0 heterocycles. The molecule has 0 fully saturated rings. The molecule has 0 bridgehead atoms. The highest BCUT2D eigenvalue weighted by Crippen LogP contribution is 2.30. The van der Waals surface area contributed by atoms with E-state index in [1.807, 2.05) is 12.1 Å². The number of hydrogen-bond donors (Lipinski definition) is 1. The van der Waals surface area contributed by atoms with Crippen LogP contribution < -0.4 is 9.47 Å². The van der Waals surface area contributed by atoms with Gasteiger partial charge in [-0.2, -0.15) is 0 Å². The summed E-state index contributed by atoms with van der Waals surface area (Å²) in [6.45, 7) is 12.5. The van der Waals surface area contributed by atoms with Crippen LogP contribution in [0.2, 0.25) is 0 Å². The Labute approximate surface area is 262 Å². The van der Waals surface area contributed by atoms with Gasteiger partial charge in [-0.05, 0) is 100 Å². The lowest BCUT2D eigenvalue weighted by Gasteiger charge is -2.20. The van der Waals surface area contributed by atoms with Crippen molar-refractivity contribution < 1.29 is 37.6 Å². The van der Waals surface area contributed by atoms with E-state index >= 15 is 0 Å². The van der Waals surface area contributed by atoms with E-state index in [0.717, 1.165) is 64.6 Å². The van der Waals surface area contributed by atoms with Crippen molar-refractivity contribution in [2.45, 2.75) is 71.6 Å². The SMILES string of the molecule is C=C(C)C(=O)OCCCCCCOc1c(F)cc(-c2ccc(OCCCCCCOCCN(CCC)CCO)cc2)cc1F. The number of nitrogens with zero attached hydrogens (tertiary/aromatic N) is 1. The third-order valence-corrected chi connectivity index (χ3v) is 7.01. The highest BCUT2D eigenvalue weighted by atomic mass is 19.1. The van der Waals surface area contributed by atoms with E-state index in [4.69, 9.17) is 24.1 Å². The molecule has 2 aromatic rings. The van der Waals surface area contributed by atoms with Gasteiger partial charge in [0.05, 0.1) is 33.0 Å². The van der Waals surface area contributed by atoms with Gasteiger partial charge in [-0.1, -0.05) is 32.1 Å². The van der Waals surface area contributed by atoms with Crippen molar-refractivity contribution >= 4 is 5.97 Å². The molecule has 44 heavy (non-hydrogen) atoms. The molecule has 9 heteroatoms. The van der Waals surface area contributed by atoms with Crippen molar-refractivity contribution in [3.63, 3.8) is 0 Å². The number of aliphatic hydroxyl groups is 1. The normalized spacial score (nSPS) is 11.1. The maximum atomic E-state index is 14.7. The third-order valence-electron chi connectivity index (χ3n) is 7.01. The molecule has 0 aliphatic carbocycles. The zero-order valence-electron chi connectivity index (χ0n) is 26.6. The second-order valence-corrected chi connectivity index (χ2v) is 10.9. The van der Waals surface area contributed by atoms with Crippen LogP contribution in [0.5, 0.6) is 11.5 Å². The fourth-order valence-electron chi connectivity index (χ4n) is 4.57. The summed E-state index contributed by atoms with van der Waals surface area (Å²) in [6.07, 6.45) is 8.09. The molecule has 246 valence electrons. The van der Waals surface area contributed by atoms with Crippen LogP contribution in [0.4, 0.5) is 8.78 Å². The Morgan fingerprint density at radius 1 is 0.773 bits per heavy atom. The Morgan fingerprint density at radius 3 is 1.95 bits per heavy atom. The molecule has 2 aromatic carbocycles. The van der Waals surface area contributed by atoms with E-state index in [9.17, 15) is 13.6 Å². The van der Waals surface area contributed by atoms with Gasteiger partial charge in [0.1, 0.15) is 5.75 Å². The number of halogens is 2. The van der Waals surface area contributed by atoms with Crippen LogP contribution in [0.25, 0.3) is 11.1 Å². The predicted octanol–water partition coefficient (Wildman–Crippen LogP) is 7.35. The summed E-state index contributed by atoms with van der Waals surface area (Å²) in [6, 6.07) is 9.76. The van der Waals surface area contributed by atoms with Crippen LogP contribution in [0.3, 0.4) is 0 Å². The van der Waals surface area contributed by atoms with Crippen molar-refractivity contribution in [1.82, 2.24) is 4.90 Å². The van der Waals surface area contributed by atoms with E-state index < -0.39 is 17.6 Å². The fraction of sp³-hybridized carbons (Fsp3) is 0.571. The number of rotatable bonds is 25. The van der Waals surface area contributed by atoms with Gasteiger partial charge in [0.25, 0.3) is 0 Å². The zero-order valence-corrected chi connectivity index (χ0v) is 26.6. The molecule has 0 saturated carbocycles. The number of hydrogen-bond acceptors (Lipinski definition) is 7. The largest absolute Gasteiger partial charge is 0.494 e. The molecule has 0 spiro atoms. The molecule has 0 atom stereocenters. The topological polar surface area (TPSA) is 77.5 Å². The molecule has 7 nitrogen and oxygen atoms in total. The number of unbranched alkanes of at least 4 members (excludes halogenated alkanes) is 6. The lowest BCUT2D eigenvalue weighted by molar-refractivity contribution is -0.139. The number of benzene rings is 2. The average Bonchev–Trinajstić information content (AvgIpc) is 3.00. The zero-order chi connectivity index (χ0) is 32.0. The minimum absolute atomic E-state index is 0.180. The maximum absolute atomic E-state index is 14.7. The first-order valence-corrected chi connectivity index (χ1v) is 15.9. The van der Waals surface area contributed by atoms with Crippen LogP contribution in [-0.4, -0.2) is 75.3 Å². The highest BCUT2D eigenvalue weighted by molar-refractivity contribution is 5.86. The Morgan fingerprint density at radius 2 is 1.36 bits per heavy atom. The van der Waals surface area contributed by atoms with E-state index in [1.165, 1.54) is 12.1 Å². The Bertz CT molecular complexity index is 1070. The number of carbonyl (C=O) groups excluding carboxylic acids is 1. The highest BCUT2D eigenvalue weighted by Gasteiger charge is 2.14. The molecule has 0 unspecified atom stereocenters. The van der Waals surface area contributed by atoms with E-state index in [2.05, 4.69) is 18.4 Å². The average molecular weight is 620 g/mol. The molecule has 0 radical (unpaired) electrons. The first kappa shape index (κ1) is 37.2. The van der Waals surface area contributed by atoms with Gasteiger partial charge in [0.2, 0.25) is 0 Å². The fourth-order valence-corrected chi connectivity index (χ4v) is 4.57. The van der Waals surface area contributed by atoms with Gasteiger partial charge in [-0.15, -0.1) is 0 Å². The molecule has 0 aliphatic rings. The van der Waals surface area contributed by atoms with Crippen molar-refractivity contribution in [1.29, 1.82) is 0 Å². The van der Waals surface area contributed by atoms with Crippen LogP contribution in [0.15, 0.2) is 48.6 Å². The van der Waals surface area contributed by atoms with Crippen LogP contribution in [-0.2, 0) is 14.3 Å². The molecule has 0 aromatic heterocycles. The summed E-state index contributed by atoms with van der Waals surface area (Å²) < 4.78 is 51.3. The van der Waals surface area contributed by atoms with Crippen LogP contribution >= 0.6 is 0 Å². The molecule has 0 aliphatic heterocycles. The first-order chi connectivity index (χ1) is 21.3. The van der Waals surface area contributed by atoms with Gasteiger partial charge in [0.15, 0.2) is 17.4 Å². The molecular formula is C35H51F2NO6. The first-order valence-electron chi connectivity index (χ1n) is 15.9. The van der Waals surface area contributed by atoms with E-state index in [1.54, 1.807) is 19.1 Å². The molecule has 0 amide bonds. The second kappa shape index (κ2) is 22.5. The molecule has 0 saturated heterocycles. The van der Waals surface area contributed by atoms with Gasteiger partial charge in [-0.25, -0.2) is 13.6 Å². The molecule has 1 N–H and O–H groups in total. The minimum Gasteiger partial charge on any atom is -0.494 e. The lowest BCUT2D eigenvalue weighted by Crippen LogP contribution is -2.31. The molecular weight excluding hydrogens is 568 g/mol. The summed E-state index contributed by atoms with van der Waals surface area (Å²) in [4.78, 5) is 13.5. The number of esters is 1. The molecule has 2 rings (SSSR count). The Balaban J connectivity index is 1.61. The van der Waals surface area contributed by atoms with Crippen molar-refractivity contribution in [2.75, 3.05) is 59.3 Å². The third kappa shape index (κ3) is 15.1. The quantitative estimate of drug-likeness (QED) is 0.0708. The Kier molecular flexibility index (Phi) is 19.0. The number of ether oxygens (including phenoxy) is 4. The predicted molar refractivity (Wildman–Crippen MR) is 170 cm³/mol. The summed E-state index contributed by atoms with van der Waals surface area (Å²) >= 11 is 0. The van der Waals surface area contributed by atoms with Crippen molar-refractivity contribution in [3.05, 3.63) is 60.2 Å². The van der Waals surface area contributed by atoms with E-state index in [0.29, 0.717) is 61.7 Å². The van der Waals surface area contributed by atoms with Gasteiger partial charge in [0, 0.05) is 25.3 Å². The van der Waals surface area contributed by atoms with Gasteiger partial charge in [-0.3, -0.25) is 4.90 Å². The van der Waals surface area contributed by atoms with Crippen molar-refractivity contribution in [3.8, 4) is 22.6 Å². The standard InChI is InChI=1S/C35H51F2NO6/c1-4-17-38(18-20-39)19-25-41-21-9-5-6-10-22-42-31-15-13-29(14-16-31)30-26-32(36)34(33(37)27-30)43-23-11-7-8-12-24-44-35(40)28(2)3/h13-16,26-27,39H,2,4-12,17-25H2,1,3H3. The van der Waals surface area contributed by atoms with Crippen LogP contribution in [0.1, 0.15) is 71.6 Å². The second-order valence-electron chi connectivity index (χ2n) is 10.9. The summed E-state index contributed by atoms with van der Waals surface area (Å²) in [5.41, 5.74) is 1.48. The summed E-state index contributed by atoms with van der Waals surface area (Å²) in [5.74, 6) is -1.53. The van der Waals surface area contributed by atoms with Gasteiger partial charge < -0.3 is 24.1 Å². The minimum atomic E-state index is -0.738. The van der Waals surface area contributed by atoms with E-state index in [-0.39, 0.29) is 19.0 Å². The maximum Gasteiger partial charge on any atom is 0.333 e. The number of aliphatic hydroxyl groups excluding tert-OH is 1. The Hall–Kier alpha value is -3.01. The lowest BCUT2D eigenvalue weighted by atomic mass is 10.0. The van der Waals surface area contributed by atoms with Crippen LogP contribution in [0, 0.1) is 11.6 Å². The smallest absolute Gasteiger partial charge is 0.333 e. The van der Waals surface area contributed by atoms with Gasteiger partial charge >= 0.3 is 5.97 Å². The number of carbonyl (C=O) groups is 1. The summed E-state index contributed by atoms with van der Waals surface area (Å²) in [7, 11) is 0. The van der Waals surface area contributed by atoms with Crippen molar-refractivity contribution in [2.24, 2.45) is 0 Å². The monoisotopic (exact) mass is 619 g/mol. The summed E-state index contributed by atoms with van der Waals surface area (Å²) in [5, 5.41) is 9.10.